The zero-order valence-electron chi connectivity index (χ0n) is 5.69. The highest BCUT2D eigenvalue weighted by molar-refractivity contribution is 5.91. The first kappa shape index (κ1) is 8.18. The summed E-state index contributed by atoms with van der Waals surface area (Å²) in [5.74, 6) is -1.94. The van der Waals surface area contributed by atoms with Gasteiger partial charge >= 0.3 is 11.7 Å². The summed E-state index contributed by atoms with van der Waals surface area (Å²) in [4.78, 5) is 23.2. The molecule has 0 aliphatic heterocycles. The lowest BCUT2D eigenvalue weighted by atomic mass is 10.3. The second-order valence-electron chi connectivity index (χ2n) is 1.94. The lowest BCUT2D eigenvalue weighted by Gasteiger charge is -1.97. The number of hydrogen-bond acceptors (Lipinski definition) is 4. The van der Waals surface area contributed by atoms with Crippen LogP contribution in [-0.4, -0.2) is 20.8 Å². The van der Waals surface area contributed by atoms with Crippen molar-refractivity contribution in [1.82, 2.24) is 9.77 Å². The number of carboxylic acids is 1. The van der Waals surface area contributed by atoms with Crippen molar-refractivity contribution in [2.24, 2.45) is 0 Å². The zero-order valence-corrected chi connectivity index (χ0v) is 5.69. The van der Waals surface area contributed by atoms with E-state index in [-0.39, 0.29) is 0 Å². The highest BCUT2D eigenvalue weighted by Gasteiger charge is 2.11. The summed E-state index contributed by atoms with van der Waals surface area (Å²) < 4.78 is 12.3. The van der Waals surface area contributed by atoms with E-state index in [9.17, 15) is 14.1 Å². The summed E-state index contributed by atoms with van der Waals surface area (Å²) in [7, 11) is 0. The summed E-state index contributed by atoms with van der Waals surface area (Å²) >= 11 is 0. The van der Waals surface area contributed by atoms with Crippen molar-refractivity contribution >= 4 is 11.8 Å². The zero-order chi connectivity index (χ0) is 9.30. The molecule has 0 aromatic carbocycles. The molecule has 3 N–H and O–H groups in total. The van der Waals surface area contributed by atoms with Gasteiger partial charge in [-0.15, -0.1) is 4.79 Å². The summed E-state index contributed by atoms with van der Waals surface area (Å²) in [5.41, 5.74) is 3.24. The van der Waals surface area contributed by atoms with Gasteiger partial charge in [0, 0.05) is 0 Å². The van der Waals surface area contributed by atoms with Gasteiger partial charge in [0.1, 0.15) is 11.4 Å². The lowest BCUT2D eigenvalue weighted by molar-refractivity contribution is 0.0695. The Kier molecular flexibility index (Phi) is 1.78. The van der Waals surface area contributed by atoms with E-state index in [1.165, 1.54) is 0 Å². The average molecular weight is 173 g/mol. The maximum Gasteiger partial charge on any atom is 0.377 e. The summed E-state index contributed by atoms with van der Waals surface area (Å²) in [5, 5.41) is 8.38. The fourth-order valence-electron chi connectivity index (χ4n) is 0.611. The molecular weight excluding hydrogens is 169 g/mol. The Morgan fingerprint density at radius 1 is 1.75 bits per heavy atom. The molecule has 0 radical (unpaired) electrons. The van der Waals surface area contributed by atoms with Crippen molar-refractivity contribution in [3.05, 3.63) is 22.2 Å². The molecule has 12 heavy (non-hydrogen) atoms. The van der Waals surface area contributed by atoms with Gasteiger partial charge in [-0.05, 0) is 0 Å². The van der Waals surface area contributed by atoms with E-state index in [1.807, 2.05) is 0 Å². The number of aromatic carboxylic acids is 1. The molecule has 64 valence electrons. The number of carboxylic acid groups (broad SMARTS) is 1. The monoisotopic (exact) mass is 173 g/mol. The molecule has 0 fully saturated rings. The Labute approximate surface area is 65.0 Å². The fourth-order valence-corrected chi connectivity index (χ4v) is 0.611. The standard InChI is InChI=1S/C5H4FN3O3/c6-9-1-2(4(10)11)3(7)8-5(9)12/h1H,(H,10,11)(H2,7,8,12). The van der Waals surface area contributed by atoms with Gasteiger partial charge in [0.2, 0.25) is 0 Å². The number of rotatable bonds is 1. The maximum atomic E-state index is 12.3. The van der Waals surface area contributed by atoms with Gasteiger partial charge < -0.3 is 10.8 Å². The minimum absolute atomic E-state index is 0.445. The largest absolute Gasteiger partial charge is 0.477 e. The fraction of sp³-hybridized carbons (Fsp3) is 0. The quantitative estimate of drug-likeness (QED) is 0.582. The Bertz CT molecular complexity index is 386. The molecule has 0 saturated heterocycles. The normalized spacial score (nSPS) is 9.75. The van der Waals surface area contributed by atoms with Crippen LogP contribution < -0.4 is 11.4 Å². The molecule has 0 spiro atoms. The number of aromatic nitrogens is 2. The number of halogens is 1. The maximum absolute atomic E-state index is 12.3. The average Bonchev–Trinajstić information content (AvgIpc) is 1.96. The first-order valence-corrected chi connectivity index (χ1v) is 2.81. The first-order chi connectivity index (χ1) is 5.52. The van der Waals surface area contributed by atoms with Gasteiger partial charge in [-0.2, -0.15) is 4.98 Å². The SMILES string of the molecule is Nc1nc(=O)n(F)cc1C(=O)O. The number of nitrogens with zero attached hydrogens (tertiary/aromatic N) is 2. The van der Waals surface area contributed by atoms with Gasteiger partial charge in [-0.3, -0.25) is 0 Å². The molecule has 0 unspecified atom stereocenters. The van der Waals surface area contributed by atoms with Gasteiger partial charge in [0.25, 0.3) is 0 Å². The lowest BCUT2D eigenvalue weighted by Crippen LogP contribution is -2.21. The molecule has 0 atom stereocenters. The van der Waals surface area contributed by atoms with Crippen molar-refractivity contribution in [2.75, 3.05) is 5.73 Å². The molecule has 0 aliphatic carbocycles. The highest BCUT2D eigenvalue weighted by Crippen LogP contribution is 2.03. The van der Waals surface area contributed by atoms with Crippen LogP contribution in [0.4, 0.5) is 10.3 Å². The molecule has 0 amide bonds. The second kappa shape index (κ2) is 2.61. The molecule has 1 aromatic rings. The Hall–Kier alpha value is -1.92. The molecule has 0 bridgehead atoms. The predicted molar refractivity (Wildman–Crippen MR) is 36.4 cm³/mol. The molecule has 6 nitrogen and oxygen atoms in total. The first-order valence-electron chi connectivity index (χ1n) is 2.81. The number of anilines is 1. The van der Waals surface area contributed by atoms with E-state index >= 15 is 0 Å². The van der Waals surface area contributed by atoms with Gasteiger partial charge in [-0.25, -0.2) is 9.59 Å². The van der Waals surface area contributed by atoms with Crippen LogP contribution in [0.2, 0.25) is 0 Å². The molecule has 0 aliphatic rings. The summed E-state index contributed by atoms with van der Waals surface area (Å²) in [6, 6.07) is 0. The smallest absolute Gasteiger partial charge is 0.377 e. The van der Waals surface area contributed by atoms with Gasteiger partial charge in [-0.1, -0.05) is 4.48 Å². The van der Waals surface area contributed by atoms with Crippen LogP contribution in [0.1, 0.15) is 10.4 Å². The van der Waals surface area contributed by atoms with Gasteiger partial charge in [0.15, 0.2) is 0 Å². The van der Waals surface area contributed by atoms with Crippen molar-refractivity contribution in [3.63, 3.8) is 0 Å². The van der Waals surface area contributed by atoms with Gasteiger partial charge in [0.05, 0.1) is 6.20 Å². The number of hydrogen-bond donors (Lipinski definition) is 2. The van der Waals surface area contributed by atoms with E-state index < -0.39 is 27.8 Å². The van der Waals surface area contributed by atoms with E-state index in [1.54, 1.807) is 0 Å². The van der Waals surface area contributed by atoms with Crippen molar-refractivity contribution in [2.45, 2.75) is 0 Å². The van der Waals surface area contributed by atoms with Crippen LogP contribution >= 0.6 is 0 Å². The number of carbonyl (C=O) groups is 1. The summed E-state index contributed by atoms with van der Waals surface area (Å²) in [6.07, 6.45) is 0.465. The third-order valence-electron chi connectivity index (χ3n) is 1.15. The van der Waals surface area contributed by atoms with Crippen LogP contribution in [0, 0.1) is 0 Å². The Morgan fingerprint density at radius 3 is 2.83 bits per heavy atom. The van der Waals surface area contributed by atoms with E-state index in [2.05, 4.69) is 4.98 Å². The van der Waals surface area contributed by atoms with Crippen LogP contribution in [-0.2, 0) is 0 Å². The van der Waals surface area contributed by atoms with Crippen LogP contribution in [0.5, 0.6) is 0 Å². The van der Waals surface area contributed by atoms with Crippen molar-refractivity contribution in [1.29, 1.82) is 0 Å². The third-order valence-corrected chi connectivity index (χ3v) is 1.15. The molecule has 0 saturated carbocycles. The van der Waals surface area contributed by atoms with Crippen LogP contribution in [0.3, 0.4) is 0 Å². The number of nitrogens with two attached hydrogens (primary N) is 1. The molecule has 1 aromatic heterocycles. The molecule has 7 heteroatoms. The van der Waals surface area contributed by atoms with Crippen molar-refractivity contribution < 1.29 is 14.4 Å². The van der Waals surface area contributed by atoms with Crippen molar-refractivity contribution in [3.8, 4) is 0 Å². The third kappa shape index (κ3) is 1.24. The topological polar surface area (TPSA) is 98.2 Å². The van der Waals surface area contributed by atoms with E-state index in [0.29, 0.717) is 6.20 Å². The molecular formula is C5H4FN3O3. The molecule has 1 heterocycles. The Balaban J connectivity index is 3.43. The van der Waals surface area contributed by atoms with Crippen LogP contribution in [0.25, 0.3) is 0 Å². The van der Waals surface area contributed by atoms with Crippen LogP contribution in [0.15, 0.2) is 11.0 Å². The predicted octanol–water partition coefficient (Wildman–Crippen LogP) is -0.744. The minimum Gasteiger partial charge on any atom is -0.477 e. The second-order valence-corrected chi connectivity index (χ2v) is 1.94. The number of nitrogen functional groups attached to an aromatic ring is 1. The summed E-state index contributed by atoms with van der Waals surface area (Å²) in [6.45, 7) is 0. The highest BCUT2D eigenvalue weighted by atomic mass is 19.2. The Morgan fingerprint density at radius 2 is 2.33 bits per heavy atom. The van der Waals surface area contributed by atoms with E-state index in [4.69, 9.17) is 10.8 Å². The molecule has 1 rings (SSSR count). The minimum atomic E-state index is -1.44. The van der Waals surface area contributed by atoms with E-state index in [0.717, 1.165) is 0 Å².